The molecule has 3 N–H and O–H groups in total. The molecule has 10 nitrogen and oxygen atoms in total. The minimum absolute atomic E-state index is 0.141. The Hall–Kier alpha value is -3.99. The lowest BCUT2D eigenvalue weighted by Gasteiger charge is -2.08. The number of hydrogen-bond donors (Lipinski definition) is 3. The summed E-state index contributed by atoms with van der Waals surface area (Å²) in [5, 5.41) is 7.09. The van der Waals surface area contributed by atoms with Crippen molar-refractivity contribution in [1.82, 2.24) is 15.1 Å². The smallest absolute Gasteiger partial charge is 0.484 e. The van der Waals surface area contributed by atoms with Crippen molar-refractivity contribution >= 4 is 68.4 Å². The maximum Gasteiger partial charge on any atom is 0.678 e. The quantitative estimate of drug-likeness (QED) is 0.0843. The van der Waals surface area contributed by atoms with Gasteiger partial charge >= 0.3 is 16.6 Å². The fourth-order valence-electron chi connectivity index (χ4n) is 4.09. The van der Waals surface area contributed by atoms with Crippen molar-refractivity contribution in [3.05, 3.63) is 89.1 Å². The van der Waals surface area contributed by atoms with Crippen LogP contribution in [0.3, 0.4) is 0 Å². The summed E-state index contributed by atoms with van der Waals surface area (Å²) in [6.07, 6.45) is 10.0. The van der Waals surface area contributed by atoms with Crippen LogP contribution in [0.1, 0.15) is 24.1 Å². The predicted molar refractivity (Wildman–Crippen MR) is 176 cm³/mol. The SMILES string of the molecule is O=C(COc1ccc(/C=C/C2=NC(=C\c3ccc(-c4cccs4)n3B(F)F)/C=C2)cc1)NCCCCNC(=O)CSS(=O)(=O)O. The van der Waals surface area contributed by atoms with Gasteiger partial charge in [-0.25, -0.2) is 4.99 Å². The molecule has 1 aromatic carbocycles. The number of aliphatic imine (C=N–C) groups is 1. The van der Waals surface area contributed by atoms with Crippen molar-refractivity contribution in [1.29, 1.82) is 0 Å². The highest BCUT2D eigenvalue weighted by Gasteiger charge is 2.24. The summed E-state index contributed by atoms with van der Waals surface area (Å²) < 4.78 is 64.0. The van der Waals surface area contributed by atoms with Crippen LogP contribution in [0.4, 0.5) is 8.63 Å². The number of hydrogen-bond acceptors (Lipinski definition) is 8. The van der Waals surface area contributed by atoms with E-state index in [9.17, 15) is 26.6 Å². The zero-order chi connectivity index (χ0) is 32.2. The molecule has 4 rings (SSSR count). The van der Waals surface area contributed by atoms with Gasteiger partial charge in [0.2, 0.25) is 5.91 Å². The van der Waals surface area contributed by atoms with Crippen molar-refractivity contribution < 1.29 is 35.9 Å². The van der Waals surface area contributed by atoms with Crippen LogP contribution in [0.5, 0.6) is 5.75 Å². The first kappa shape index (κ1) is 33.9. The molecular formula is C29H29BF2N4O6S3. The van der Waals surface area contributed by atoms with Gasteiger partial charge in [0, 0.05) is 34.5 Å². The Balaban J connectivity index is 1.18. The number of thiophene rings is 1. The van der Waals surface area contributed by atoms with Crippen molar-refractivity contribution in [3.8, 4) is 16.3 Å². The molecule has 0 atom stereocenters. The van der Waals surface area contributed by atoms with Crippen LogP contribution in [0.25, 0.3) is 22.7 Å². The molecule has 0 aliphatic carbocycles. The van der Waals surface area contributed by atoms with E-state index in [0.29, 0.717) is 54.5 Å². The highest BCUT2D eigenvalue weighted by atomic mass is 33.1. The Morgan fingerprint density at radius 2 is 1.76 bits per heavy atom. The van der Waals surface area contributed by atoms with E-state index in [1.54, 1.807) is 42.5 Å². The van der Waals surface area contributed by atoms with E-state index in [2.05, 4.69) is 15.6 Å². The first-order valence-corrected chi connectivity index (χ1v) is 17.5. The van der Waals surface area contributed by atoms with Crippen LogP contribution in [0.2, 0.25) is 0 Å². The first-order valence-electron chi connectivity index (χ1n) is 13.7. The Morgan fingerprint density at radius 1 is 1.02 bits per heavy atom. The maximum atomic E-state index is 13.9. The van der Waals surface area contributed by atoms with Gasteiger partial charge in [-0.15, -0.1) is 11.3 Å². The average molecular weight is 675 g/mol. The second-order valence-corrected chi connectivity index (χ2v) is 13.8. The number of allylic oxidation sites excluding steroid dienone is 3. The summed E-state index contributed by atoms with van der Waals surface area (Å²) in [5.74, 6) is -0.686. The van der Waals surface area contributed by atoms with E-state index in [1.807, 2.05) is 41.8 Å². The number of rotatable bonds is 16. The lowest BCUT2D eigenvalue weighted by molar-refractivity contribution is -0.123. The van der Waals surface area contributed by atoms with Gasteiger partial charge in [0.1, 0.15) is 5.75 Å². The van der Waals surface area contributed by atoms with Crippen LogP contribution in [0, 0.1) is 0 Å². The zero-order valence-corrected chi connectivity index (χ0v) is 26.2. The molecule has 0 saturated heterocycles. The second-order valence-electron chi connectivity index (χ2n) is 9.50. The zero-order valence-electron chi connectivity index (χ0n) is 23.8. The van der Waals surface area contributed by atoms with E-state index in [-0.39, 0.29) is 23.3 Å². The third-order valence-electron chi connectivity index (χ3n) is 6.18. The molecule has 3 aromatic rings. The molecule has 2 aromatic heterocycles. The predicted octanol–water partition coefficient (Wildman–Crippen LogP) is 4.98. The Kier molecular flexibility index (Phi) is 12.3. The largest absolute Gasteiger partial charge is 0.678 e. The van der Waals surface area contributed by atoms with Crippen LogP contribution in [-0.4, -0.2) is 67.8 Å². The summed E-state index contributed by atoms with van der Waals surface area (Å²) in [6.45, 7) is 0.526. The van der Waals surface area contributed by atoms with Gasteiger partial charge in [0.25, 0.3) is 5.91 Å². The van der Waals surface area contributed by atoms with E-state index in [0.717, 1.165) is 14.9 Å². The molecule has 0 spiro atoms. The van der Waals surface area contributed by atoms with Gasteiger partial charge in [0.15, 0.2) is 6.61 Å². The second kappa shape index (κ2) is 16.4. The first-order chi connectivity index (χ1) is 21.6. The summed E-state index contributed by atoms with van der Waals surface area (Å²) in [7, 11) is -6.80. The Bertz CT molecular complexity index is 1700. The van der Waals surface area contributed by atoms with E-state index in [4.69, 9.17) is 9.29 Å². The lowest BCUT2D eigenvalue weighted by Crippen LogP contribution is -2.31. The molecule has 236 valence electrons. The number of unbranched alkanes of at least 4 members (excludes halogenated alkanes) is 1. The van der Waals surface area contributed by atoms with Gasteiger partial charge in [-0.05, 0) is 78.4 Å². The Labute approximate surface area is 267 Å². The van der Waals surface area contributed by atoms with Crippen LogP contribution in [-0.2, 0) is 18.7 Å². The topological polar surface area (TPSA) is 139 Å². The monoisotopic (exact) mass is 674 g/mol. The Morgan fingerprint density at radius 3 is 2.42 bits per heavy atom. The molecule has 16 heteroatoms. The third kappa shape index (κ3) is 11.2. The van der Waals surface area contributed by atoms with Crippen molar-refractivity contribution in [2.24, 2.45) is 4.99 Å². The number of benzene rings is 1. The summed E-state index contributed by atoms with van der Waals surface area (Å²) in [6, 6.07) is 14.1. The normalized spacial score (nSPS) is 13.8. The number of ether oxygens (including phenoxy) is 1. The molecule has 0 fully saturated rings. The molecular weight excluding hydrogens is 645 g/mol. The van der Waals surface area contributed by atoms with Gasteiger partial charge in [0.05, 0.1) is 22.9 Å². The lowest BCUT2D eigenvalue weighted by atomic mass is 10.2. The van der Waals surface area contributed by atoms with Crippen molar-refractivity contribution in [3.63, 3.8) is 0 Å². The number of halogens is 2. The molecule has 1 aliphatic heterocycles. The minimum atomic E-state index is -4.25. The molecule has 0 bridgehead atoms. The number of carbonyl (C=O) groups is 2. The van der Waals surface area contributed by atoms with Crippen LogP contribution in [0.15, 0.2) is 82.8 Å². The molecule has 0 saturated carbocycles. The summed E-state index contributed by atoms with van der Waals surface area (Å²) in [5.41, 5.74) is 2.93. The van der Waals surface area contributed by atoms with Gasteiger partial charge in [-0.1, -0.05) is 24.3 Å². The number of aromatic nitrogens is 1. The fourth-order valence-corrected chi connectivity index (χ4v) is 5.96. The van der Waals surface area contributed by atoms with E-state index in [1.165, 1.54) is 11.3 Å². The third-order valence-corrected chi connectivity index (χ3v) is 9.00. The van der Waals surface area contributed by atoms with Gasteiger partial charge < -0.3 is 19.8 Å². The van der Waals surface area contributed by atoms with Gasteiger partial charge in [-0.2, -0.15) is 8.42 Å². The number of nitrogens with one attached hydrogen (secondary N) is 2. The van der Waals surface area contributed by atoms with E-state index >= 15 is 0 Å². The van der Waals surface area contributed by atoms with Crippen molar-refractivity contribution in [2.75, 3.05) is 25.4 Å². The molecule has 0 unspecified atom stereocenters. The maximum absolute atomic E-state index is 13.9. The standard InChI is InChI=1S/C29H29BF2N4O6S3/c31-30(32)36-24(11-14-26(36)27-4-3-17-43-27)18-23-10-9-22(35-23)8-5-21-6-12-25(13-7-21)42-19-28(37)33-15-1-2-16-34-29(38)20-44-45(39,40)41/h3-14,17-18H,1-2,15-16,19-20H2,(H,33,37)(H,34,38)(H,39,40,41)/b8-5+,23-18-. The van der Waals surface area contributed by atoms with Gasteiger partial charge in [-0.3, -0.25) is 22.8 Å². The highest BCUT2D eigenvalue weighted by molar-refractivity contribution is 8.70. The minimum Gasteiger partial charge on any atom is -0.484 e. The highest BCUT2D eigenvalue weighted by Crippen LogP contribution is 2.29. The van der Waals surface area contributed by atoms with Crippen molar-refractivity contribution in [2.45, 2.75) is 12.8 Å². The number of carbonyl (C=O) groups excluding carboxylic acids is 2. The molecule has 0 radical (unpaired) electrons. The van der Waals surface area contributed by atoms with Crippen LogP contribution < -0.4 is 15.4 Å². The molecule has 1 aliphatic rings. The fraction of sp³-hybridized carbons (Fsp3) is 0.207. The number of nitrogens with zero attached hydrogens (tertiary/aromatic N) is 2. The number of amides is 2. The van der Waals surface area contributed by atoms with Crippen LogP contribution >= 0.6 is 22.1 Å². The summed E-state index contributed by atoms with van der Waals surface area (Å²) >= 11 is 1.40. The van der Waals surface area contributed by atoms with E-state index < -0.39 is 28.2 Å². The molecule has 2 amide bonds. The average Bonchev–Trinajstić information content (AvgIpc) is 3.77. The molecule has 3 heterocycles. The summed E-state index contributed by atoms with van der Waals surface area (Å²) in [4.78, 5) is 28.8. The molecule has 45 heavy (non-hydrogen) atoms.